The molecule has 0 aliphatic heterocycles. The fourth-order valence-electron chi connectivity index (χ4n) is 2.04. The van der Waals surface area contributed by atoms with Crippen molar-refractivity contribution in [3.63, 3.8) is 0 Å². The summed E-state index contributed by atoms with van der Waals surface area (Å²) >= 11 is 0. The van der Waals surface area contributed by atoms with Crippen LogP contribution in [0.15, 0.2) is 24.3 Å². The monoisotopic (exact) mass is 306 g/mol. The highest BCUT2D eigenvalue weighted by atomic mass is 16.5. The average molecular weight is 306 g/mol. The quantitative estimate of drug-likeness (QED) is 0.759. The molecule has 0 radical (unpaired) electrons. The van der Waals surface area contributed by atoms with Crippen molar-refractivity contribution in [2.24, 2.45) is 5.92 Å². The summed E-state index contributed by atoms with van der Waals surface area (Å²) in [7, 11) is 0. The number of hydrazine groups is 1. The van der Waals surface area contributed by atoms with E-state index in [2.05, 4.69) is 24.7 Å². The summed E-state index contributed by atoms with van der Waals surface area (Å²) in [5.74, 6) is -0.344. The van der Waals surface area contributed by atoms with Gasteiger partial charge in [0, 0.05) is 6.61 Å². The smallest absolute Gasteiger partial charge is 0.264 e. The molecule has 1 aromatic rings. The van der Waals surface area contributed by atoms with Crippen molar-refractivity contribution >= 4 is 11.8 Å². The third-order valence-electron chi connectivity index (χ3n) is 3.28. The first-order chi connectivity index (χ1) is 10.4. The van der Waals surface area contributed by atoms with Crippen molar-refractivity contribution in [2.45, 2.75) is 40.0 Å². The zero-order chi connectivity index (χ0) is 16.5. The van der Waals surface area contributed by atoms with Gasteiger partial charge < -0.3 is 4.74 Å². The van der Waals surface area contributed by atoms with Crippen LogP contribution in [0.2, 0.25) is 0 Å². The van der Waals surface area contributed by atoms with Gasteiger partial charge in [-0.25, -0.2) is 0 Å². The van der Waals surface area contributed by atoms with E-state index in [9.17, 15) is 9.59 Å². The van der Waals surface area contributed by atoms with E-state index in [1.165, 1.54) is 5.56 Å². The van der Waals surface area contributed by atoms with E-state index in [-0.39, 0.29) is 24.3 Å². The number of rotatable bonds is 7. The van der Waals surface area contributed by atoms with Gasteiger partial charge in [-0.15, -0.1) is 0 Å². The predicted molar refractivity (Wildman–Crippen MR) is 86.2 cm³/mol. The molecular weight excluding hydrogens is 280 g/mol. The highest BCUT2D eigenvalue weighted by Gasteiger charge is 2.15. The van der Waals surface area contributed by atoms with Crippen LogP contribution in [0.1, 0.15) is 44.7 Å². The van der Waals surface area contributed by atoms with Gasteiger partial charge in [0.25, 0.3) is 5.91 Å². The van der Waals surface area contributed by atoms with Crippen molar-refractivity contribution in [1.29, 1.82) is 0 Å². The largest absolute Gasteiger partial charge is 0.372 e. The molecule has 0 heterocycles. The Morgan fingerprint density at radius 2 is 1.73 bits per heavy atom. The van der Waals surface area contributed by atoms with Gasteiger partial charge in [0.15, 0.2) is 0 Å². The minimum absolute atomic E-state index is 0.0605. The minimum Gasteiger partial charge on any atom is -0.372 e. The number of ether oxygens (including phenoxy) is 1. The number of benzene rings is 1. The van der Waals surface area contributed by atoms with Gasteiger partial charge in [-0.2, -0.15) is 0 Å². The van der Waals surface area contributed by atoms with Crippen LogP contribution in [-0.4, -0.2) is 25.0 Å². The molecular formula is C17H26N2O3. The molecule has 0 spiro atoms. The van der Waals surface area contributed by atoms with Crippen LogP contribution >= 0.6 is 0 Å². The molecule has 2 amide bonds. The third-order valence-corrected chi connectivity index (χ3v) is 3.28. The van der Waals surface area contributed by atoms with Crippen molar-refractivity contribution < 1.29 is 14.3 Å². The fourth-order valence-corrected chi connectivity index (χ4v) is 2.04. The van der Waals surface area contributed by atoms with Gasteiger partial charge in [-0.05, 0) is 37.3 Å². The number of hydrogen-bond donors (Lipinski definition) is 2. The van der Waals surface area contributed by atoms with Crippen molar-refractivity contribution in [2.75, 3.05) is 13.2 Å². The lowest BCUT2D eigenvalue weighted by Gasteiger charge is -2.14. The van der Waals surface area contributed by atoms with E-state index in [1.807, 2.05) is 31.2 Å². The summed E-state index contributed by atoms with van der Waals surface area (Å²) in [6.07, 6.45) is 1.02. The molecule has 0 saturated carbocycles. The Labute approximate surface area is 132 Å². The summed E-state index contributed by atoms with van der Waals surface area (Å²) in [6, 6.07) is 8.02. The predicted octanol–water partition coefficient (Wildman–Crippen LogP) is 2.17. The molecule has 1 unspecified atom stereocenters. The van der Waals surface area contributed by atoms with Crippen LogP contribution in [-0.2, 0) is 20.7 Å². The average Bonchev–Trinajstić information content (AvgIpc) is 2.50. The van der Waals surface area contributed by atoms with Crippen LogP contribution < -0.4 is 10.9 Å². The summed E-state index contributed by atoms with van der Waals surface area (Å²) in [6.45, 7) is 8.36. The maximum Gasteiger partial charge on any atom is 0.264 e. The second-order valence-electron chi connectivity index (χ2n) is 5.74. The maximum absolute atomic E-state index is 12.0. The van der Waals surface area contributed by atoms with Crippen LogP contribution in [0.25, 0.3) is 0 Å². The molecule has 1 rings (SSSR count). The van der Waals surface area contributed by atoms with Gasteiger partial charge >= 0.3 is 0 Å². The Bertz CT molecular complexity index is 483. The highest BCUT2D eigenvalue weighted by molar-refractivity contribution is 5.86. The lowest BCUT2D eigenvalue weighted by Crippen LogP contribution is -2.45. The molecule has 22 heavy (non-hydrogen) atoms. The maximum atomic E-state index is 12.0. The first-order valence-corrected chi connectivity index (χ1v) is 7.69. The molecule has 0 fully saturated rings. The Morgan fingerprint density at radius 1 is 1.09 bits per heavy atom. The normalized spacial score (nSPS) is 12.0. The summed E-state index contributed by atoms with van der Waals surface area (Å²) in [4.78, 5) is 23.4. The molecule has 2 N–H and O–H groups in total. The van der Waals surface area contributed by atoms with E-state index in [4.69, 9.17) is 4.74 Å². The van der Waals surface area contributed by atoms with Gasteiger partial charge in [0.05, 0.1) is 5.92 Å². The number of amides is 2. The second-order valence-corrected chi connectivity index (χ2v) is 5.74. The third kappa shape index (κ3) is 6.26. The summed E-state index contributed by atoms with van der Waals surface area (Å²) in [5, 5.41) is 0. The van der Waals surface area contributed by atoms with Crippen molar-refractivity contribution in [3.8, 4) is 0 Å². The number of carbonyl (C=O) groups is 2. The Hall–Kier alpha value is -1.88. The molecule has 1 aromatic carbocycles. The molecule has 5 nitrogen and oxygen atoms in total. The van der Waals surface area contributed by atoms with Gasteiger partial charge in [-0.1, -0.05) is 38.1 Å². The van der Waals surface area contributed by atoms with Gasteiger partial charge in [-0.3, -0.25) is 20.4 Å². The highest BCUT2D eigenvalue weighted by Crippen LogP contribution is 2.17. The zero-order valence-corrected chi connectivity index (χ0v) is 13.8. The topological polar surface area (TPSA) is 67.4 Å². The second kappa shape index (κ2) is 9.20. The standard InChI is InChI=1S/C17H26N2O3/c1-5-22-11-16(20)18-19-17(21)13(4)15-8-6-14(7-9-15)10-12(2)3/h6-9,12-13H,5,10-11H2,1-4H3,(H,18,20)(H,19,21). The lowest BCUT2D eigenvalue weighted by atomic mass is 9.96. The molecule has 5 heteroatoms. The van der Waals surface area contributed by atoms with Crippen LogP contribution in [0, 0.1) is 5.92 Å². The van der Waals surface area contributed by atoms with E-state index in [1.54, 1.807) is 6.92 Å². The summed E-state index contributed by atoms with van der Waals surface area (Å²) < 4.78 is 4.95. The fraction of sp³-hybridized carbons (Fsp3) is 0.529. The molecule has 0 aliphatic rings. The first-order valence-electron chi connectivity index (χ1n) is 7.69. The Kier molecular flexibility index (Phi) is 7.60. The van der Waals surface area contributed by atoms with Crippen LogP contribution in [0.5, 0.6) is 0 Å². The van der Waals surface area contributed by atoms with E-state index < -0.39 is 0 Å². The number of nitrogens with one attached hydrogen (secondary N) is 2. The Morgan fingerprint density at radius 3 is 2.27 bits per heavy atom. The Balaban J connectivity index is 2.50. The van der Waals surface area contributed by atoms with Gasteiger partial charge in [0.1, 0.15) is 6.61 Å². The first kappa shape index (κ1) is 18.2. The molecule has 122 valence electrons. The van der Waals surface area contributed by atoms with E-state index >= 15 is 0 Å². The molecule has 1 atom stereocenters. The van der Waals surface area contributed by atoms with E-state index in [0.29, 0.717) is 12.5 Å². The van der Waals surface area contributed by atoms with Crippen LogP contribution in [0.4, 0.5) is 0 Å². The zero-order valence-electron chi connectivity index (χ0n) is 13.8. The lowest BCUT2D eigenvalue weighted by molar-refractivity contribution is -0.132. The molecule has 0 aliphatic carbocycles. The van der Waals surface area contributed by atoms with Crippen LogP contribution in [0.3, 0.4) is 0 Å². The molecule has 0 saturated heterocycles. The number of hydrogen-bond acceptors (Lipinski definition) is 3. The minimum atomic E-state index is -0.366. The van der Waals surface area contributed by atoms with E-state index in [0.717, 1.165) is 12.0 Å². The van der Waals surface area contributed by atoms with Gasteiger partial charge in [0.2, 0.25) is 5.91 Å². The molecule has 0 aromatic heterocycles. The SMILES string of the molecule is CCOCC(=O)NNC(=O)C(C)c1ccc(CC(C)C)cc1. The van der Waals surface area contributed by atoms with Crippen molar-refractivity contribution in [3.05, 3.63) is 35.4 Å². The number of carbonyl (C=O) groups excluding carboxylic acids is 2. The molecule has 0 bridgehead atoms. The summed E-state index contributed by atoms with van der Waals surface area (Å²) in [5.41, 5.74) is 6.94. The van der Waals surface area contributed by atoms with Crippen molar-refractivity contribution in [1.82, 2.24) is 10.9 Å².